The number of hydrogen-bond donors (Lipinski definition) is 2. The van der Waals surface area contributed by atoms with Crippen molar-refractivity contribution in [2.24, 2.45) is 15.7 Å². The molecule has 4 rings (SSSR count). The molecule has 1 fully saturated rings. The molecular formula is C23H30N6O2. The highest BCUT2D eigenvalue weighted by atomic mass is 16.5. The van der Waals surface area contributed by atoms with Crippen LogP contribution < -0.4 is 20.7 Å². The number of guanidine groups is 2. The van der Waals surface area contributed by atoms with Crippen molar-refractivity contribution in [3.63, 3.8) is 0 Å². The van der Waals surface area contributed by atoms with Crippen molar-refractivity contribution in [1.29, 1.82) is 0 Å². The van der Waals surface area contributed by atoms with Gasteiger partial charge in [0.2, 0.25) is 18.2 Å². The van der Waals surface area contributed by atoms with Crippen LogP contribution in [-0.4, -0.2) is 56.0 Å². The molecule has 0 bridgehead atoms. The molecule has 0 spiro atoms. The quantitative estimate of drug-likeness (QED) is 0.770. The standard InChI is InChI=1S/C23H30N6O2/c1-4-31-20-9-7-19(8-10-20)29-22(25-18-6-5-16(2)17(3)15-18)26-21(24)27-23(29)28-11-13-30-14-12-28/h5-10,15,22,25H,4,11-14H2,1-3H3,(H2,24,26). The van der Waals surface area contributed by atoms with Gasteiger partial charge in [-0.05, 0) is 68.3 Å². The van der Waals surface area contributed by atoms with Crippen molar-refractivity contribution in [1.82, 2.24) is 4.90 Å². The first-order valence-corrected chi connectivity index (χ1v) is 10.7. The number of nitrogens with one attached hydrogen (secondary N) is 1. The van der Waals surface area contributed by atoms with Crippen LogP contribution in [0.2, 0.25) is 0 Å². The van der Waals surface area contributed by atoms with Crippen molar-refractivity contribution in [3.8, 4) is 5.75 Å². The number of nitrogens with two attached hydrogens (primary N) is 1. The number of aryl methyl sites for hydroxylation is 2. The summed E-state index contributed by atoms with van der Waals surface area (Å²) in [5.74, 6) is 1.85. The summed E-state index contributed by atoms with van der Waals surface area (Å²) in [5, 5.41) is 3.53. The second kappa shape index (κ2) is 9.26. The number of nitrogens with zero attached hydrogens (tertiary/aromatic N) is 4. The van der Waals surface area contributed by atoms with Gasteiger partial charge in [-0.2, -0.15) is 4.99 Å². The fourth-order valence-electron chi connectivity index (χ4n) is 3.67. The number of aliphatic imine (C=N–C) groups is 2. The largest absolute Gasteiger partial charge is 0.494 e. The summed E-state index contributed by atoms with van der Waals surface area (Å²) < 4.78 is 11.2. The van der Waals surface area contributed by atoms with E-state index in [1.807, 2.05) is 31.2 Å². The fourth-order valence-corrected chi connectivity index (χ4v) is 3.67. The van der Waals surface area contributed by atoms with Crippen LogP contribution in [0.4, 0.5) is 11.4 Å². The third kappa shape index (κ3) is 4.74. The molecule has 1 atom stereocenters. The smallest absolute Gasteiger partial charge is 0.222 e. The second-order valence-electron chi connectivity index (χ2n) is 7.61. The van der Waals surface area contributed by atoms with Crippen LogP contribution in [0.5, 0.6) is 5.75 Å². The number of morpholine rings is 1. The van der Waals surface area contributed by atoms with E-state index in [0.29, 0.717) is 19.8 Å². The van der Waals surface area contributed by atoms with Gasteiger partial charge >= 0.3 is 0 Å². The summed E-state index contributed by atoms with van der Waals surface area (Å²) in [6, 6.07) is 14.3. The van der Waals surface area contributed by atoms with E-state index in [9.17, 15) is 0 Å². The van der Waals surface area contributed by atoms with Crippen molar-refractivity contribution < 1.29 is 9.47 Å². The molecular weight excluding hydrogens is 392 g/mol. The first-order valence-electron chi connectivity index (χ1n) is 10.7. The molecule has 2 aliphatic heterocycles. The molecule has 2 aromatic rings. The monoisotopic (exact) mass is 422 g/mol. The maximum absolute atomic E-state index is 6.15. The van der Waals surface area contributed by atoms with E-state index in [4.69, 9.17) is 15.2 Å². The van der Waals surface area contributed by atoms with Crippen LogP contribution >= 0.6 is 0 Å². The first-order chi connectivity index (χ1) is 15.0. The van der Waals surface area contributed by atoms with Gasteiger partial charge in [0.05, 0.1) is 19.8 Å². The lowest BCUT2D eigenvalue weighted by Crippen LogP contribution is -2.57. The molecule has 0 aromatic heterocycles. The Morgan fingerprint density at radius 1 is 1.10 bits per heavy atom. The zero-order valence-electron chi connectivity index (χ0n) is 18.3. The third-order valence-electron chi connectivity index (χ3n) is 5.45. The molecule has 31 heavy (non-hydrogen) atoms. The normalized spacial score (nSPS) is 19.0. The van der Waals surface area contributed by atoms with Gasteiger partial charge < -0.3 is 25.4 Å². The van der Waals surface area contributed by atoms with Crippen molar-refractivity contribution in [2.45, 2.75) is 27.1 Å². The third-order valence-corrected chi connectivity index (χ3v) is 5.45. The Bertz CT molecular complexity index is 967. The Kier molecular flexibility index (Phi) is 6.27. The Morgan fingerprint density at radius 3 is 2.52 bits per heavy atom. The highest BCUT2D eigenvalue weighted by molar-refractivity contribution is 6.06. The molecule has 0 radical (unpaired) electrons. The van der Waals surface area contributed by atoms with E-state index in [1.54, 1.807) is 0 Å². The van der Waals surface area contributed by atoms with Gasteiger partial charge in [0.25, 0.3) is 0 Å². The number of anilines is 2. The van der Waals surface area contributed by atoms with E-state index in [-0.39, 0.29) is 5.96 Å². The number of benzene rings is 2. The van der Waals surface area contributed by atoms with E-state index in [0.717, 1.165) is 36.2 Å². The zero-order chi connectivity index (χ0) is 21.8. The van der Waals surface area contributed by atoms with E-state index >= 15 is 0 Å². The van der Waals surface area contributed by atoms with Gasteiger partial charge in [-0.25, -0.2) is 4.99 Å². The number of hydrogen-bond acceptors (Lipinski definition) is 8. The highest BCUT2D eigenvalue weighted by Crippen LogP contribution is 2.27. The van der Waals surface area contributed by atoms with E-state index in [1.165, 1.54) is 11.1 Å². The van der Waals surface area contributed by atoms with Crippen molar-refractivity contribution in [2.75, 3.05) is 43.1 Å². The van der Waals surface area contributed by atoms with E-state index in [2.05, 4.69) is 57.1 Å². The predicted octanol–water partition coefficient (Wildman–Crippen LogP) is 2.92. The van der Waals surface area contributed by atoms with Gasteiger partial charge in [0.15, 0.2) is 0 Å². The van der Waals surface area contributed by atoms with Crippen LogP contribution in [-0.2, 0) is 4.74 Å². The average molecular weight is 423 g/mol. The lowest BCUT2D eigenvalue weighted by molar-refractivity contribution is 0.0671. The molecule has 2 aliphatic rings. The summed E-state index contributed by atoms with van der Waals surface area (Å²) in [4.78, 5) is 13.5. The van der Waals surface area contributed by atoms with Gasteiger partial charge in [-0.1, -0.05) is 6.07 Å². The van der Waals surface area contributed by atoms with E-state index < -0.39 is 6.29 Å². The minimum atomic E-state index is -0.435. The lowest BCUT2D eigenvalue weighted by atomic mass is 10.1. The SMILES string of the molecule is CCOc1ccc(N2C(N3CCOCC3)=NC(N)=NC2Nc2ccc(C)c(C)c2)cc1. The molecule has 1 saturated heterocycles. The summed E-state index contributed by atoms with van der Waals surface area (Å²) >= 11 is 0. The molecule has 0 aliphatic carbocycles. The molecule has 8 heteroatoms. The van der Waals surface area contributed by atoms with Crippen LogP contribution in [0.25, 0.3) is 0 Å². The Balaban J connectivity index is 1.70. The maximum atomic E-state index is 6.15. The van der Waals surface area contributed by atoms with Gasteiger partial charge in [-0.3, -0.25) is 4.90 Å². The van der Waals surface area contributed by atoms with Crippen molar-refractivity contribution in [3.05, 3.63) is 53.6 Å². The summed E-state index contributed by atoms with van der Waals surface area (Å²) in [5.41, 5.74) is 10.5. The Hall–Kier alpha value is -3.26. The highest BCUT2D eigenvalue weighted by Gasteiger charge is 2.32. The molecule has 3 N–H and O–H groups in total. The van der Waals surface area contributed by atoms with Crippen LogP contribution in [0.1, 0.15) is 18.1 Å². The summed E-state index contributed by atoms with van der Waals surface area (Å²) in [7, 11) is 0. The van der Waals surface area contributed by atoms with Crippen molar-refractivity contribution >= 4 is 23.3 Å². The lowest BCUT2D eigenvalue weighted by Gasteiger charge is -2.41. The maximum Gasteiger partial charge on any atom is 0.222 e. The minimum Gasteiger partial charge on any atom is -0.494 e. The zero-order valence-corrected chi connectivity index (χ0v) is 18.3. The van der Waals surface area contributed by atoms with Gasteiger partial charge in [0.1, 0.15) is 5.75 Å². The summed E-state index contributed by atoms with van der Waals surface area (Å²) in [6.45, 7) is 9.61. The molecule has 164 valence electrons. The minimum absolute atomic E-state index is 0.255. The van der Waals surface area contributed by atoms with Gasteiger partial charge in [0, 0.05) is 24.5 Å². The number of ether oxygens (including phenoxy) is 2. The molecule has 0 amide bonds. The average Bonchev–Trinajstić information content (AvgIpc) is 2.77. The number of rotatable bonds is 5. The summed E-state index contributed by atoms with van der Waals surface area (Å²) in [6.07, 6.45) is -0.435. The van der Waals surface area contributed by atoms with Gasteiger partial charge in [-0.15, -0.1) is 0 Å². The topological polar surface area (TPSA) is 87.7 Å². The molecule has 2 aromatic carbocycles. The predicted molar refractivity (Wildman–Crippen MR) is 125 cm³/mol. The molecule has 0 saturated carbocycles. The van der Waals surface area contributed by atoms with Crippen LogP contribution in [0, 0.1) is 13.8 Å². The first kappa shape index (κ1) is 21.0. The Morgan fingerprint density at radius 2 is 1.84 bits per heavy atom. The molecule has 1 unspecified atom stereocenters. The molecule has 8 nitrogen and oxygen atoms in total. The fraction of sp³-hybridized carbons (Fsp3) is 0.391. The second-order valence-corrected chi connectivity index (χ2v) is 7.61. The van der Waals surface area contributed by atoms with Crippen LogP contribution in [0.3, 0.4) is 0 Å². The Labute approximate surface area is 183 Å². The van der Waals surface area contributed by atoms with Crippen LogP contribution in [0.15, 0.2) is 52.4 Å². The molecule has 2 heterocycles.